The zero-order valence-corrected chi connectivity index (χ0v) is 29.0. The number of carbonyl (C=O) groups excluding carboxylic acids is 2. The Bertz CT molecular complexity index is 850. The van der Waals surface area contributed by atoms with E-state index in [1.165, 1.54) is 70.6 Å². The number of phosphoric ester groups is 1. The lowest BCUT2D eigenvalue weighted by atomic mass is 10.1. The van der Waals surface area contributed by atoms with Crippen molar-refractivity contribution < 1.29 is 43.0 Å². The highest BCUT2D eigenvalue weighted by Gasteiger charge is 2.23. The van der Waals surface area contributed by atoms with Crippen molar-refractivity contribution in [3.63, 3.8) is 0 Å². The molecule has 0 aliphatic carbocycles. The van der Waals surface area contributed by atoms with Gasteiger partial charge < -0.3 is 24.4 Å². The summed E-state index contributed by atoms with van der Waals surface area (Å²) in [4.78, 5) is 42.5. The van der Waals surface area contributed by atoms with Gasteiger partial charge in [0.05, 0.1) is 12.7 Å². The van der Waals surface area contributed by atoms with Crippen molar-refractivity contribution in [2.45, 2.75) is 161 Å². The SMILES string of the molecule is CCCCCCCC/C=C/C/C=C/C=C/C(O)CCCC(=O)OC[C@H](COP(=O)(O)O)OC(=O)CCCCCCCCCCC. The van der Waals surface area contributed by atoms with Crippen molar-refractivity contribution >= 4 is 19.8 Å². The number of hydrogen-bond donors (Lipinski definition) is 3. The van der Waals surface area contributed by atoms with Crippen LogP contribution in [-0.2, 0) is 28.2 Å². The Morgan fingerprint density at radius 3 is 1.89 bits per heavy atom. The molecule has 0 saturated carbocycles. The van der Waals surface area contributed by atoms with Crippen molar-refractivity contribution in [2.24, 2.45) is 0 Å². The van der Waals surface area contributed by atoms with Crippen LogP contribution in [0.4, 0.5) is 0 Å². The van der Waals surface area contributed by atoms with Gasteiger partial charge in [-0.2, -0.15) is 0 Å². The molecule has 0 amide bonds. The molecule has 0 fully saturated rings. The lowest BCUT2D eigenvalue weighted by Gasteiger charge is -2.18. The summed E-state index contributed by atoms with van der Waals surface area (Å²) in [5, 5.41) is 10.1. The minimum Gasteiger partial charge on any atom is -0.462 e. The zero-order valence-electron chi connectivity index (χ0n) is 28.1. The molecule has 9 nitrogen and oxygen atoms in total. The minimum absolute atomic E-state index is 0.0442. The molecule has 0 aliphatic heterocycles. The van der Waals surface area contributed by atoms with Gasteiger partial charge >= 0.3 is 19.8 Å². The van der Waals surface area contributed by atoms with Crippen molar-refractivity contribution in [1.29, 1.82) is 0 Å². The summed E-state index contributed by atoms with van der Waals surface area (Å²) in [7, 11) is -4.78. The number of allylic oxidation sites excluding steroid dienone is 5. The summed E-state index contributed by atoms with van der Waals surface area (Å²) in [5.74, 6) is -1.09. The van der Waals surface area contributed by atoms with Crippen LogP contribution in [0.5, 0.6) is 0 Å². The van der Waals surface area contributed by atoms with Crippen LogP contribution in [0.3, 0.4) is 0 Å². The molecule has 45 heavy (non-hydrogen) atoms. The number of unbranched alkanes of at least 4 members (excludes halogenated alkanes) is 14. The van der Waals surface area contributed by atoms with Crippen LogP contribution in [0.15, 0.2) is 36.5 Å². The summed E-state index contributed by atoms with van der Waals surface area (Å²) in [6.45, 7) is 3.46. The Kier molecular flexibility index (Phi) is 29.6. The van der Waals surface area contributed by atoms with E-state index in [2.05, 4.69) is 30.5 Å². The normalized spacial score (nSPS) is 13.6. The maximum absolute atomic E-state index is 12.3. The second-order valence-corrected chi connectivity index (χ2v) is 12.9. The molecule has 3 N–H and O–H groups in total. The minimum atomic E-state index is -4.78. The lowest BCUT2D eigenvalue weighted by molar-refractivity contribution is -0.161. The first-order valence-electron chi connectivity index (χ1n) is 17.4. The molecule has 1 unspecified atom stereocenters. The third kappa shape index (κ3) is 33.4. The van der Waals surface area contributed by atoms with Gasteiger partial charge in [0, 0.05) is 12.8 Å². The number of aliphatic hydroxyl groups is 1. The van der Waals surface area contributed by atoms with Crippen molar-refractivity contribution in [2.75, 3.05) is 13.2 Å². The van der Waals surface area contributed by atoms with Gasteiger partial charge in [0.25, 0.3) is 0 Å². The van der Waals surface area contributed by atoms with Crippen LogP contribution in [0, 0.1) is 0 Å². The summed E-state index contributed by atoms with van der Waals surface area (Å²) in [6, 6.07) is 0. The first-order chi connectivity index (χ1) is 21.7. The van der Waals surface area contributed by atoms with Crippen LogP contribution in [0.2, 0.25) is 0 Å². The fraction of sp³-hybridized carbons (Fsp3) is 0.771. The van der Waals surface area contributed by atoms with Crippen molar-refractivity contribution in [3.05, 3.63) is 36.5 Å². The maximum Gasteiger partial charge on any atom is 0.469 e. The highest BCUT2D eigenvalue weighted by Crippen LogP contribution is 2.35. The van der Waals surface area contributed by atoms with Crippen LogP contribution in [0.25, 0.3) is 0 Å². The van der Waals surface area contributed by atoms with Gasteiger partial charge in [-0.3, -0.25) is 14.1 Å². The molecular formula is C35H63O9P. The fourth-order valence-electron chi connectivity index (χ4n) is 4.62. The van der Waals surface area contributed by atoms with E-state index in [4.69, 9.17) is 19.3 Å². The predicted octanol–water partition coefficient (Wildman–Crippen LogP) is 8.81. The Labute approximate surface area is 273 Å². The van der Waals surface area contributed by atoms with Crippen molar-refractivity contribution in [1.82, 2.24) is 0 Å². The molecule has 0 aliphatic rings. The third-order valence-electron chi connectivity index (χ3n) is 7.27. The predicted molar refractivity (Wildman–Crippen MR) is 181 cm³/mol. The number of hydrogen-bond acceptors (Lipinski definition) is 7. The molecule has 2 atom stereocenters. The Morgan fingerprint density at radius 2 is 1.27 bits per heavy atom. The molecule has 10 heteroatoms. The molecule has 0 aromatic carbocycles. The average Bonchev–Trinajstić information content (AvgIpc) is 2.99. The van der Waals surface area contributed by atoms with Gasteiger partial charge in [0.1, 0.15) is 6.61 Å². The van der Waals surface area contributed by atoms with Gasteiger partial charge in [-0.15, -0.1) is 0 Å². The molecule has 0 aromatic rings. The highest BCUT2D eigenvalue weighted by molar-refractivity contribution is 7.46. The number of carbonyl (C=O) groups is 2. The molecule has 0 rings (SSSR count). The Morgan fingerprint density at radius 1 is 0.689 bits per heavy atom. The molecule has 0 spiro atoms. The Balaban J connectivity index is 4.19. The van der Waals surface area contributed by atoms with E-state index in [-0.39, 0.29) is 19.4 Å². The summed E-state index contributed by atoms with van der Waals surface area (Å²) < 4.78 is 26.0. The molecular weight excluding hydrogens is 595 g/mol. The summed E-state index contributed by atoms with van der Waals surface area (Å²) in [6.07, 6.45) is 30.6. The first kappa shape index (κ1) is 43.2. The van der Waals surface area contributed by atoms with E-state index in [0.29, 0.717) is 19.3 Å². The fourth-order valence-corrected chi connectivity index (χ4v) is 4.98. The number of aliphatic hydroxyl groups excluding tert-OH is 1. The quantitative estimate of drug-likeness (QED) is 0.0219. The summed E-state index contributed by atoms with van der Waals surface area (Å²) >= 11 is 0. The maximum atomic E-state index is 12.3. The van der Waals surface area contributed by atoms with Gasteiger partial charge in [-0.25, -0.2) is 4.57 Å². The zero-order chi connectivity index (χ0) is 33.4. The van der Waals surface area contributed by atoms with E-state index < -0.39 is 38.6 Å². The van der Waals surface area contributed by atoms with Crippen LogP contribution in [-0.4, -0.2) is 52.3 Å². The van der Waals surface area contributed by atoms with E-state index >= 15 is 0 Å². The second kappa shape index (κ2) is 30.9. The lowest BCUT2D eigenvalue weighted by Crippen LogP contribution is -2.29. The molecule has 262 valence electrons. The summed E-state index contributed by atoms with van der Waals surface area (Å²) in [5.41, 5.74) is 0. The molecule has 0 saturated heterocycles. The highest BCUT2D eigenvalue weighted by atomic mass is 31.2. The molecule has 0 bridgehead atoms. The van der Waals surface area contributed by atoms with Crippen molar-refractivity contribution in [3.8, 4) is 0 Å². The first-order valence-corrected chi connectivity index (χ1v) is 18.9. The van der Waals surface area contributed by atoms with Gasteiger partial charge in [-0.05, 0) is 38.5 Å². The Hall–Kier alpha value is -1.77. The van der Waals surface area contributed by atoms with Crippen LogP contribution < -0.4 is 0 Å². The monoisotopic (exact) mass is 658 g/mol. The van der Waals surface area contributed by atoms with Gasteiger partial charge in [0.2, 0.25) is 0 Å². The van der Waals surface area contributed by atoms with E-state index in [0.717, 1.165) is 32.1 Å². The third-order valence-corrected chi connectivity index (χ3v) is 7.75. The largest absolute Gasteiger partial charge is 0.469 e. The van der Waals surface area contributed by atoms with E-state index in [1.54, 1.807) is 12.2 Å². The van der Waals surface area contributed by atoms with Crippen LogP contribution in [0.1, 0.15) is 149 Å². The second-order valence-electron chi connectivity index (χ2n) is 11.7. The number of ether oxygens (including phenoxy) is 2. The van der Waals surface area contributed by atoms with E-state index in [1.807, 2.05) is 12.2 Å². The topological polar surface area (TPSA) is 140 Å². The molecule has 0 aromatic heterocycles. The van der Waals surface area contributed by atoms with Gasteiger partial charge in [0.15, 0.2) is 6.10 Å². The van der Waals surface area contributed by atoms with Gasteiger partial charge in [-0.1, -0.05) is 134 Å². The number of esters is 2. The van der Waals surface area contributed by atoms with E-state index in [9.17, 15) is 19.3 Å². The molecule has 0 radical (unpaired) electrons. The molecule has 0 heterocycles. The average molecular weight is 659 g/mol. The number of rotatable bonds is 31. The smallest absolute Gasteiger partial charge is 0.462 e. The standard InChI is InChI=1S/C35H63O9P/c1-3-5-7-9-11-13-14-15-16-18-19-21-23-26-32(36)27-25-29-34(37)42-30-33(31-43-45(39,40)41)44-35(38)28-24-22-20-17-12-10-8-6-4-2/h15-16,19,21,23,26,32-33,36H,3-14,17-18,20,22,24-25,27-31H2,1-2H3,(H2,39,40,41)/b16-15+,21-19+,26-23+/t32?,33-/m1/s1. The van der Waals surface area contributed by atoms with Crippen LogP contribution >= 0.6 is 7.82 Å². The number of phosphoric acid groups is 1.